The van der Waals surface area contributed by atoms with Crippen molar-refractivity contribution in [3.63, 3.8) is 0 Å². The number of rotatable bonds is 8. The number of hydrogen-bond acceptors (Lipinski definition) is 10. The van der Waals surface area contributed by atoms with Crippen molar-refractivity contribution < 1.29 is 19.1 Å². The van der Waals surface area contributed by atoms with Gasteiger partial charge in [0.25, 0.3) is 5.91 Å². The number of carbonyl (C=O) groups is 2. The number of Topliss-reactive ketones (excluding diaryl/α,β-unsaturated/α-hetero) is 1. The summed E-state index contributed by atoms with van der Waals surface area (Å²) in [4.78, 5) is 42.0. The van der Waals surface area contributed by atoms with Gasteiger partial charge in [-0.25, -0.2) is 9.97 Å². The number of amides is 1. The van der Waals surface area contributed by atoms with Gasteiger partial charge >= 0.3 is 0 Å². The number of nitrogens with one attached hydrogen (secondary N) is 1. The van der Waals surface area contributed by atoms with Crippen LogP contribution in [0.5, 0.6) is 5.75 Å². The number of hydrogen-bond donors (Lipinski definition) is 2. The van der Waals surface area contributed by atoms with Gasteiger partial charge in [0.2, 0.25) is 5.82 Å². The first-order valence-corrected chi connectivity index (χ1v) is 14.9. The van der Waals surface area contributed by atoms with Crippen molar-refractivity contribution in [2.75, 3.05) is 20.0 Å². The Kier molecular flexibility index (Phi) is 7.24. The molecule has 5 aromatic rings. The number of nitrogens with two attached hydrogens (primary N) is 1. The molecule has 1 amide bonds. The zero-order chi connectivity index (χ0) is 31.2. The van der Waals surface area contributed by atoms with Crippen molar-refractivity contribution in [3.05, 3.63) is 71.7 Å². The van der Waals surface area contributed by atoms with Crippen LogP contribution in [0.3, 0.4) is 0 Å². The maximum atomic E-state index is 13.2. The lowest BCUT2D eigenvalue weighted by Gasteiger charge is -2.38. The predicted molar refractivity (Wildman–Crippen MR) is 165 cm³/mol. The highest BCUT2D eigenvalue weighted by Crippen LogP contribution is 2.45. The molecule has 2 bridgehead atoms. The van der Waals surface area contributed by atoms with E-state index in [2.05, 4.69) is 20.3 Å². The number of anilines is 1. The maximum Gasteiger partial charge on any atom is 0.291 e. The molecule has 2 atom stereocenters. The van der Waals surface area contributed by atoms with Crippen LogP contribution in [0.25, 0.3) is 28.0 Å². The number of aromatic nitrogens is 7. The Morgan fingerprint density at radius 1 is 1.04 bits per heavy atom. The second-order valence-corrected chi connectivity index (χ2v) is 11.6. The van der Waals surface area contributed by atoms with Crippen LogP contribution < -0.4 is 10.5 Å². The van der Waals surface area contributed by atoms with Gasteiger partial charge in [-0.2, -0.15) is 14.7 Å². The average Bonchev–Trinajstić information content (AvgIpc) is 3.79. The Bertz CT molecular complexity index is 1890. The van der Waals surface area contributed by atoms with E-state index in [4.69, 9.17) is 25.2 Å². The number of pyridine rings is 1. The minimum atomic E-state index is -0.167. The van der Waals surface area contributed by atoms with E-state index in [9.17, 15) is 9.59 Å². The number of carbonyl (C=O) groups excluding carboxylic acids is 2. The summed E-state index contributed by atoms with van der Waals surface area (Å²) in [5, 5.41) is 11.0. The molecule has 6 heterocycles. The van der Waals surface area contributed by atoms with Crippen molar-refractivity contribution in [3.8, 4) is 28.1 Å². The van der Waals surface area contributed by atoms with Crippen LogP contribution in [-0.4, -0.2) is 77.7 Å². The number of ether oxygens (including phenoxy) is 2. The average molecular weight is 608 g/mol. The number of H-pyrrole nitrogens is 1. The molecule has 0 aliphatic carbocycles. The SMILES string of the molecule is COCc1cc(-c2ccc(-c3cnn4c(N)c(C(C)=O)c(C5C[C@H]6CC[C@H](C5)N6C(=O)c5ncn[nH]5)nc34)cn2)ccc1OC. The fourth-order valence-electron chi connectivity index (χ4n) is 6.99. The van der Waals surface area contributed by atoms with Crippen LogP contribution in [0, 0.1) is 0 Å². The molecular formula is C32H33N9O4. The van der Waals surface area contributed by atoms with Crippen molar-refractivity contribution in [1.82, 2.24) is 39.7 Å². The van der Waals surface area contributed by atoms with E-state index >= 15 is 0 Å². The zero-order valence-electron chi connectivity index (χ0n) is 25.2. The van der Waals surface area contributed by atoms with E-state index in [1.807, 2.05) is 35.2 Å². The highest BCUT2D eigenvalue weighted by Gasteiger charge is 2.45. The fourth-order valence-corrected chi connectivity index (χ4v) is 6.99. The molecule has 0 radical (unpaired) electrons. The number of fused-ring (bicyclic) bond motifs is 3. The lowest BCUT2D eigenvalue weighted by molar-refractivity contribution is 0.0556. The van der Waals surface area contributed by atoms with E-state index in [1.165, 1.54) is 17.8 Å². The third-order valence-electron chi connectivity index (χ3n) is 8.99. The van der Waals surface area contributed by atoms with Crippen molar-refractivity contribution in [2.45, 2.75) is 57.2 Å². The zero-order valence-corrected chi connectivity index (χ0v) is 25.2. The molecule has 2 aliphatic heterocycles. The molecule has 2 aliphatic rings. The summed E-state index contributed by atoms with van der Waals surface area (Å²) in [5.74, 6) is 0.894. The standard InChI is InChI=1S/C32H33N9O4/c1-17(42)27-28(20-11-22-6-7-23(12-20)40(22)32(43)30-35-16-36-39-30)38-31-24(14-37-41(31)29(27)33)19-4-8-25(34-13-19)18-5-9-26(45-3)21(10-18)15-44-2/h4-5,8-10,13-14,16,20,22-23H,6-7,11-12,15,33H2,1-3H3,(H,35,36,39)/t22-,23-/m1/s1. The molecule has 13 heteroatoms. The molecule has 2 fully saturated rings. The Labute approximate surface area is 258 Å². The largest absolute Gasteiger partial charge is 0.496 e. The number of benzene rings is 1. The number of methoxy groups -OCH3 is 2. The van der Waals surface area contributed by atoms with E-state index < -0.39 is 0 Å². The molecule has 230 valence electrons. The van der Waals surface area contributed by atoms with Gasteiger partial charge in [-0.3, -0.25) is 19.7 Å². The molecule has 0 unspecified atom stereocenters. The van der Waals surface area contributed by atoms with Crippen molar-refractivity contribution in [2.24, 2.45) is 0 Å². The lowest BCUT2D eigenvalue weighted by atomic mass is 9.85. The smallest absolute Gasteiger partial charge is 0.291 e. The number of piperidine rings is 1. The van der Waals surface area contributed by atoms with Crippen LogP contribution in [0.2, 0.25) is 0 Å². The molecule has 45 heavy (non-hydrogen) atoms. The van der Waals surface area contributed by atoms with Crippen LogP contribution >= 0.6 is 0 Å². The predicted octanol–water partition coefficient (Wildman–Crippen LogP) is 4.07. The van der Waals surface area contributed by atoms with Crippen LogP contribution in [0.4, 0.5) is 5.82 Å². The maximum absolute atomic E-state index is 13.2. The van der Waals surface area contributed by atoms with Gasteiger partial charge in [0.15, 0.2) is 11.4 Å². The van der Waals surface area contributed by atoms with Crippen molar-refractivity contribution in [1.29, 1.82) is 0 Å². The normalized spacial score (nSPS) is 19.3. The van der Waals surface area contributed by atoms with E-state index in [0.717, 1.165) is 46.5 Å². The van der Waals surface area contributed by atoms with E-state index in [-0.39, 0.29) is 41.3 Å². The molecule has 0 saturated carbocycles. The van der Waals surface area contributed by atoms with Crippen LogP contribution in [0.1, 0.15) is 70.8 Å². The molecule has 1 aromatic carbocycles. The molecule has 3 N–H and O–H groups in total. The summed E-state index contributed by atoms with van der Waals surface area (Å²) in [6.45, 7) is 1.93. The molecule has 13 nitrogen and oxygen atoms in total. The van der Waals surface area contributed by atoms with Crippen LogP contribution in [0.15, 0.2) is 49.1 Å². The van der Waals surface area contributed by atoms with Crippen LogP contribution in [-0.2, 0) is 11.3 Å². The quantitative estimate of drug-likeness (QED) is 0.246. The molecule has 7 rings (SSSR count). The molecular weight excluding hydrogens is 574 g/mol. The minimum Gasteiger partial charge on any atom is -0.496 e. The Morgan fingerprint density at radius 3 is 2.47 bits per heavy atom. The third-order valence-corrected chi connectivity index (χ3v) is 8.99. The highest BCUT2D eigenvalue weighted by atomic mass is 16.5. The van der Waals surface area contributed by atoms with Gasteiger partial charge < -0.3 is 20.1 Å². The van der Waals surface area contributed by atoms with Gasteiger partial charge in [0.1, 0.15) is 17.9 Å². The summed E-state index contributed by atoms with van der Waals surface area (Å²) in [7, 11) is 3.28. The Hall–Kier alpha value is -5.17. The third kappa shape index (κ3) is 4.89. The minimum absolute atomic E-state index is 0.00824. The number of ketones is 1. The van der Waals surface area contributed by atoms with Gasteiger partial charge in [0.05, 0.1) is 36.9 Å². The lowest BCUT2D eigenvalue weighted by Crippen LogP contribution is -2.46. The number of aromatic amines is 1. The van der Waals surface area contributed by atoms with E-state index in [0.29, 0.717) is 36.4 Å². The van der Waals surface area contributed by atoms with Gasteiger partial charge in [-0.05, 0) is 56.9 Å². The molecule has 0 spiro atoms. The first-order chi connectivity index (χ1) is 21.9. The summed E-state index contributed by atoms with van der Waals surface area (Å²) in [6, 6.07) is 9.82. The summed E-state index contributed by atoms with van der Waals surface area (Å²) in [6.07, 6.45) is 7.94. The monoisotopic (exact) mass is 607 g/mol. The first-order valence-electron chi connectivity index (χ1n) is 14.9. The highest BCUT2D eigenvalue weighted by molar-refractivity contribution is 6.00. The number of nitrogen functional groups attached to an aromatic ring is 1. The Morgan fingerprint density at radius 2 is 1.82 bits per heavy atom. The molecule has 2 saturated heterocycles. The summed E-state index contributed by atoms with van der Waals surface area (Å²) >= 11 is 0. The summed E-state index contributed by atoms with van der Waals surface area (Å²) < 4.78 is 12.3. The van der Waals surface area contributed by atoms with Gasteiger partial charge in [-0.15, -0.1) is 0 Å². The fraction of sp³-hybridized carbons (Fsp3) is 0.344. The molecule has 4 aromatic heterocycles. The van der Waals surface area contributed by atoms with Gasteiger partial charge in [0, 0.05) is 53.6 Å². The Balaban J connectivity index is 1.23. The second kappa shape index (κ2) is 11.4. The topological polar surface area (TPSA) is 167 Å². The van der Waals surface area contributed by atoms with Gasteiger partial charge in [-0.1, -0.05) is 6.07 Å². The second-order valence-electron chi connectivity index (χ2n) is 11.6. The number of nitrogens with zero attached hydrogens (tertiary/aromatic N) is 7. The first kappa shape index (κ1) is 28.6. The summed E-state index contributed by atoms with van der Waals surface area (Å²) in [5.41, 5.74) is 12.5. The van der Waals surface area contributed by atoms with E-state index in [1.54, 1.807) is 26.6 Å². The van der Waals surface area contributed by atoms with Crippen molar-refractivity contribution >= 4 is 23.2 Å².